The van der Waals surface area contributed by atoms with Crippen LogP contribution >= 0.6 is 11.3 Å². The van der Waals surface area contributed by atoms with Crippen LogP contribution in [0.15, 0.2) is 36.7 Å². The summed E-state index contributed by atoms with van der Waals surface area (Å²) in [5.74, 6) is 0. The maximum Gasteiger partial charge on any atom is 0.203 e. The molecular formula is C11H8N4S. The van der Waals surface area contributed by atoms with E-state index in [0.717, 1.165) is 21.3 Å². The van der Waals surface area contributed by atoms with E-state index in [2.05, 4.69) is 15.2 Å². The smallest absolute Gasteiger partial charge is 0.203 e. The van der Waals surface area contributed by atoms with Gasteiger partial charge in [0.15, 0.2) is 0 Å². The molecule has 16 heavy (non-hydrogen) atoms. The third-order valence-electron chi connectivity index (χ3n) is 2.35. The van der Waals surface area contributed by atoms with E-state index in [0.29, 0.717) is 5.13 Å². The highest BCUT2D eigenvalue weighted by atomic mass is 32.1. The van der Waals surface area contributed by atoms with Crippen molar-refractivity contribution in [1.82, 2.24) is 15.2 Å². The summed E-state index contributed by atoms with van der Waals surface area (Å²) in [4.78, 5) is 4.13. The zero-order valence-corrected chi connectivity index (χ0v) is 9.11. The molecule has 0 unspecified atom stereocenters. The number of hydrogen-bond donors (Lipinski definition) is 1. The van der Waals surface area contributed by atoms with Crippen molar-refractivity contribution in [3.05, 3.63) is 36.7 Å². The fourth-order valence-corrected chi connectivity index (χ4v) is 2.29. The first-order valence-corrected chi connectivity index (χ1v) is 5.58. The molecule has 4 nitrogen and oxygen atoms in total. The summed E-state index contributed by atoms with van der Waals surface area (Å²) in [7, 11) is 0. The molecule has 0 aliphatic heterocycles. The molecule has 0 fully saturated rings. The highest BCUT2D eigenvalue weighted by molar-refractivity contribution is 7.18. The molecule has 2 N–H and O–H groups in total. The highest BCUT2D eigenvalue weighted by Crippen LogP contribution is 2.30. The standard InChI is InChI=1S/C11H8N4S/c12-11-15-14-10(16-11)8-3-1-2-7-4-5-13-6-9(7)8/h1-6H,(H2,12,15). The molecule has 0 atom stereocenters. The lowest BCUT2D eigenvalue weighted by Gasteiger charge is -2.01. The lowest BCUT2D eigenvalue weighted by molar-refractivity contribution is 1.10. The molecule has 0 aliphatic rings. The molecule has 5 heteroatoms. The second kappa shape index (κ2) is 3.53. The van der Waals surface area contributed by atoms with Crippen LogP contribution < -0.4 is 5.73 Å². The first-order valence-electron chi connectivity index (χ1n) is 4.77. The summed E-state index contributed by atoms with van der Waals surface area (Å²) in [6.45, 7) is 0. The fraction of sp³-hybridized carbons (Fsp3) is 0. The van der Waals surface area contributed by atoms with Gasteiger partial charge in [-0.2, -0.15) is 0 Å². The lowest BCUT2D eigenvalue weighted by atomic mass is 10.1. The van der Waals surface area contributed by atoms with E-state index >= 15 is 0 Å². The van der Waals surface area contributed by atoms with Crippen molar-refractivity contribution < 1.29 is 0 Å². The number of pyridine rings is 1. The van der Waals surface area contributed by atoms with Gasteiger partial charge in [-0.05, 0) is 11.5 Å². The molecule has 1 aromatic carbocycles. The Morgan fingerprint density at radius 1 is 1.12 bits per heavy atom. The largest absolute Gasteiger partial charge is 0.374 e. The minimum atomic E-state index is 0.482. The molecule has 2 heterocycles. The summed E-state index contributed by atoms with van der Waals surface area (Å²) < 4.78 is 0. The summed E-state index contributed by atoms with van der Waals surface area (Å²) in [6, 6.07) is 8.02. The molecule has 0 saturated carbocycles. The third-order valence-corrected chi connectivity index (χ3v) is 3.14. The van der Waals surface area contributed by atoms with Crippen molar-refractivity contribution >= 4 is 27.2 Å². The lowest BCUT2D eigenvalue weighted by Crippen LogP contribution is -1.82. The Bertz CT molecular complexity index is 642. The quantitative estimate of drug-likeness (QED) is 0.694. The third kappa shape index (κ3) is 1.42. The van der Waals surface area contributed by atoms with Crippen molar-refractivity contribution in [2.45, 2.75) is 0 Å². The predicted octanol–water partition coefficient (Wildman–Crippen LogP) is 2.34. The Balaban J connectivity index is 2.31. The fourth-order valence-electron chi connectivity index (χ4n) is 1.64. The van der Waals surface area contributed by atoms with Crippen LogP contribution in [0.5, 0.6) is 0 Å². The molecular weight excluding hydrogens is 220 g/mol. The highest BCUT2D eigenvalue weighted by Gasteiger charge is 2.08. The van der Waals surface area contributed by atoms with E-state index in [9.17, 15) is 0 Å². The number of nitrogens with two attached hydrogens (primary N) is 1. The Kier molecular flexibility index (Phi) is 2.04. The van der Waals surface area contributed by atoms with Crippen LogP contribution in [0.2, 0.25) is 0 Å². The Morgan fingerprint density at radius 2 is 2.06 bits per heavy atom. The van der Waals surface area contributed by atoms with Crippen LogP contribution in [0.25, 0.3) is 21.3 Å². The molecule has 78 valence electrons. The van der Waals surface area contributed by atoms with Crippen LogP contribution in [0, 0.1) is 0 Å². The number of hydrogen-bond acceptors (Lipinski definition) is 5. The summed E-state index contributed by atoms with van der Waals surface area (Å²) >= 11 is 1.38. The van der Waals surface area contributed by atoms with Gasteiger partial charge in [-0.1, -0.05) is 29.5 Å². The molecule has 0 aliphatic carbocycles. The summed E-state index contributed by atoms with van der Waals surface area (Å²) in [6.07, 6.45) is 3.61. The van der Waals surface area contributed by atoms with Gasteiger partial charge >= 0.3 is 0 Å². The Labute approximate surface area is 95.8 Å². The molecule has 3 aromatic rings. The van der Waals surface area contributed by atoms with Gasteiger partial charge in [0.25, 0.3) is 0 Å². The Morgan fingerprint density at radius 3 is 2.88 bits per heavy atom. The second-order valence-electron chi connectivity index (χ2n) is 3.35. The van der Waals surface area contributed by atoms with Crippen molar-refractivity contribution in [3.8, 4) is 10.6 Å². The maximum atomic E-state index is 5.59. The minimum absolute atomic E-state index is 0.482. The SMILES string of the molecule is Nc1nnc(-c2cccc3ccncc23)s1. The zero-order valence-electron chi connectivity index (χ0n) is 8.29. The second-order valence-corrected chi connectivity index (χ2v) is 4.36. The van der Waals surface area contributed by atoms with Gasteiger partial charge in [-0.25, -0.2) is 0 Å². The Hall–Kier alpha value is -2.01. The molecule has 0 bridgehead atoms. The number of nitrogen functional groups attached to an aromatic ring is 1. The first kappa shape index (κ1) is 9.23. The van der Waals surface area contributed by atoms with Gasteiger partial charge in [0.2, 0.25) is 5.13 Å². The van der Waals surface area contributed by atoms with E-state index in [1.807, 2.05) is 30.5 Å². The van der Waals surface area contributed by atoms with E-state index in [-0.39, 0.29) is 0 Å². The number of benzene rings is 1. The van der Waals surface area contributed by atoms with Crippen molar-refractivity contribution in [1.29, 1.82) is 0 Å². The number of fused-ring (bicyclic) bond motifs is 1. The zero-order chi connectivity index (χ0) is 11.0. The molecule has 0 saturated heterocycles. The van der Waals surface area contributed by atoms with Crippen molar-refractivity contribution in [2.24, 2.45) is 0 Å². The van der Waals surface area contributed by atoms with Gasteiger partial charge in [0.1, 0.15) is 5.01 Å². The van der Waals surface area contributed by atoms with Crippen LogP contribution in [0.3, 0.4) is 0 Å². The van der Waals surface area contributed by atoms with Crippen LogP contribution in [0.4, 0.5) is 5.13 Å². The van der Waals surface area contributed by atoms with E-state index in [1.165, 1.54) is 11.3 Å². The van der Waals surface area contributed by atoms with Crippen LogP contribution in [0.1, 0.15) is 0 Å². The van der Waals surface area contributed by atoms with Gasteiger partial charge in [-0.3, -0.25) is 4.98 Å². The molecule has 0 amide bonds. The average Bonchev–Trinajstić information content (AvgIpc) is 2.75. The van der Waals surface area contributed by atoms with E-state index in [1.54, 1.807) is 6.20 Å². The summed E-state index contributed by atoms with van der Waals surface area (Å²) in [5.41, 5.74) is 6.62. The average molecular weight is 228 g/mol. The number of nitrogens with zero attached hydrogens (tertiary/aromatic N) is 3. The monoisotopic (exact) mass is 228 g/mol. The van der Waals surface area contributed by atoms with Crippen molar-refractivity contribution in [3.63, 3.8) is 0 Å². The topological polar surface area (TPSA) is 64.7 Å². The molecule has 3 rings (SSSR count). The van der Waals surface area contributed by atoms with E-state index in [4.69, 9.17) is 5.73 Å². The first-order chi connectivity index (χ1) is 7.84. The van der Waals surface area contributed by atoms with Gasteiger partial charge in [-0.15, -0.1) is 10.2 Å². The van der Waals surface area contributed by atoms with Crippen molar-refractivity contribution in [2.75, 3.05) is 5.73 Å². The normalized spacial score (nSPS) is 10.8. The van der Waals surface area contributed by atoms with Crippen LogP contribution in [-0.2, 0) is 0 Å². The number of aromatic nitrogens is 3. The maximum absolute atomic E-state index is 5.59. The summed E-state index contributed by atoms with van der Waals surface area (Å²) in [5, 5.41) is 11.4. The van der Waals surface area contributed by atoms with Gasteiger partial charge in [0, 0.05) is 23.3 Å². The van der Waals surface area contributed by atoms with Crippen LogP contribution in [-0.4, -0.2) is 15.2 Å². The molecule has 0 spiro atoms. The minimum Gasteiger partial charge on any atom is -0.374 e. The number of anilines is 1. The number of rotatable bonds is 1. The predicted molar refractivity (Wildman–Crippen MR) is 65.1 cm³/mol. The van der Waals surface area contributed by atoms with Gasteiger partial charge in [0.05, 0.1) is 0 Å². The molecule has 0 radical (unpaired) electrons. The van der Waals surface area contributed by atoms with E-state index < -0.39 is 0 Å². The van der Waals surface area contributed by atoms with Gasteiger partial charge < -0.3 is 5.73 Å². The molecule has 2 aromatic heterocycles.